The van der Waals surface area contributed by atoms with Crippen LogP contribution in [-0.2, 0) is 23.7 Å². The fourth-order valence-corrected chi connectivity index (χ4v) is 3.21. The average Bonchev–Trinajstić information content (AvgIpc) is 2.92. The number of rotatable bonds is 13. The van der Waals surface area contributed by atoms with Gasteiger partial charge < -0.3 is 23.7 Å². The zero-order chi connectivity index (χ0) is 27.3. The van der Waals surface area contributed by atoms with Gasteiger partial charge in [0.15, 0.2) is 0 Å². The quantitative estimate of drug-likeness (QED) is 0.185. The van der Waals surface area contributed by atoms with Crippen molar-refractivity contribution >= 4 is 17.9 Å². The molecule has 11 heteroatoms. The van der Waals surface area contributed by atoms with Gasteiger partial charge in [-0.15, -0.1) is 0 Å². The van der Waals surface area contributed by atoms with Crippen LogP contribution in [0.4, 0.5) is 0 Å². The second kappa shape index (κ2) is 14.4. The predicted octanol–water partition coefficient (Wildman–Crippen LogP) is 3.52. The number of nitrogens with zero attached hydrogens (tertiary/aromatic N) is 3. The third-order valence-electron chi connectivity index (χ3n) is 4.82. The van der Waals surface area contributed by atoms with Gasteiger partial charge in [0.2, 0.25) is 0 Å². The first-order valence-corrected chi connectivity index (χ1v) is 12.1. The van der Waals surface area contributed by atoms with Crippen molar-refractivity contribution in [1.82, 2.24) is 15.0 Å². The molecule has 3 rings (SSSR count). The Morgan fingerprint density at radius 3 is 1.68 bits per heavy atom. The van der Waals surface area contributed by atoms with Gasteiger partial charge in [0.1, 0.15) is 30.4 Å². The molecule has 0 aliphatic carbocycles. The molecule has 0 aliphatic heterocycles. The average molecular weight is 524 g/mol. The van der Waals surface area contributed by atoms with Crippen molar-refractivity contribution < 1.29 is 38.1 Å². The molecule has 38 heavy (non-hydrogen) atoms. The molecule has 0 N–H and O–H groups in total. The standard InChI is InChI=1S/C27H29N3O8/c1-4-35-26(32)22-10-6-8-20(28-22)24-16-19(38-15-13-34-12-14-37-18(3)31)17-25(30-24)21-9-7-11-23(29-21)27(33)36-5-2/h6-11,16-17H,4-5,12-15H2,1-3H3. The van der Waals surface area contributed by atoms with Gasteiger partial charge >= 0.3 is 17.9 Å². The molecular formula is C27H29N3O8. The molecule has 11 nitrogen and oxygen atoms in total. The Morgan fingerprint density at radius 1 is 0.658 bits per heavy atom. The van der Waals surface area contributed by atoms with Crippen LogP contribution in [0.15, 0.2) is 48.5 Å². The number of aromatic nitrogens is 3. The molecule has 3 aromatic rings. The molecule has 3 heterocycles. The maximum atomic E-state index is 12.2. The molecule has 0 saturated heterocycles. The van der Waals surface area contributed by atoms with Crippen molar-refractivity contribution in [3.8, 4) is 28.5 Å². The lowest BCUT2D eigenvalue weighted by molar-refractivity contribution is -0.142. The summed E-state index contributed by atoms with van der Waals surface area (Å²) < 4.78 is 26.2. The Bertz CT molecular complexity index is 1180. The second-order valence-electron chi connectivity index (χ2n) is 7.63. The summed E-state index contributed by atoms with van der Waals surface area (Å²) in [6.07, 6.45) is 0. The van der Waals surface area contributed by atoms with E-state index in [4.69, 9.17) is 23.7 Å². The van der Waals surface area contributed by atoms with E-state index in [9.17, 15) is 14.4 Å². The van der Waals surface area contributed by atoms with Crippen LogP contribution in [0, 0.1) is 0 Å². The van der Waals surface area contributed by atoms with Gasteiger partial charge in [-0.25, -0.2) is 24.5 Å². The minimum Gasteiger partial charge on any atom is -0.491 e. The van der Waals surface area contributed by atoms with Gasteiger partial charge in [0.05, 0.1) is 49.2 Å². The number of carbonyl (C=O) groups excluding carboxylic acids is 3. The number of esters is 3. The summed E-state index contributed by atoms with van der Waals surface area (Å²) in [6.45, 7) is 6.06. The topological polar surface area (TPSA) is 136 Å². The largest absolute Gasteiger partial charge is 0.491 e. The Morgan fingerprint density at radius 2 is 1.18 bits per heavy atom. The van der Waals surface area contributed by atoms with Crippen molar-refractivity contribution in [2.75, 3.05) is 39.6 Å². The van der Waals surface area contributed by atoms with Crippen LogP contribution in [0.25, 0.3) is 22.8 Å². The molecule has 0 atom stereocenters. The smallest absolute Gasteiger partial charge is 0.356 e. The molecule has 0 spiro atoms. The second-order valence-corrected chi connectivity index (χ2v) is 7.63. The summed E-state index contributed by atoms with van der Waals surface area (Å²) in [5.74, 6) is -1.02. The number of pyridine rings is 3. The lowest BCUT2D eigenvalue weighted by Crippen LogP contribution is -2.12. The van der Waals surface area contributed by atoms with Crippen LogP contribution in [0.2, 0.25) is 0 Å². The van der Waals surface area contributed by atoms with Crippen LogP contribution in [0.5, 0.6) is 5.75 Å². The van der Waals surface area contributed by atoms with Crippen LogP contribution < -0.4 is 4.74 Å². The highest BCUT2D eigenvalue weighted by Crippen LogP contribution is 2.27. The molecule has 0 bridgehead atoms. The maximum absolute atomic E-state index is 12.2. The molecule has 0 fully saturated rings. The van der Waals surface area contributed by atoms with E-state index in [0.717, 1.165) is 0 Å². The highest BCUT2D eigenvalue weighted by atomic mass is 16.6. The Labute approximate surface area is 220 Å². The van der Waals surface area contributed by atoms with E-state index in [1.54, 1.807) is 62.4 Å². The zero-order valence-corrected chi connectivity index (χ0v) is 21.5. The lowest BCUT2D eigenvalue weighted by Gasteiger charge is -2.12. The van der Waals surface area contributed by atoms with Crippen molar-refractivity contribution in [2.45, 2.75) is 20.8 Å². The third kappa shape index (κ3) is 8.34. The third-order valence-corrected chi connectivity index (χ3v) is 4.82. The minimum atomic E-state index is -0.545. The van der Waals surface area contributed by atoms with E-state index < -0.39 is 11.9 Å². The summed E-state index contributed by atoms with van der Waals surface area (Å²) >= 11 is 0. The fourth-order valence-electron chi connectivity index (χ4n) is 3.21. The van der Waals surface area contributed by atoms with Crippen molar-refractivity contribution in [1.29, 1.82) is 0 Å². The fraction of sp³-hybridized carbons (Fsp3) is 0.333. The van der Waals surface area contributed by atoms with Crippen LogP contribution >= 0.6 is 0 Å². The first-order chi connectivity index (χ1) is 18.4. The number of hydrogen-bond acceptors (Lipinski definition) is 11. The van der Waals surface area contributed by atoms with Crippen molar-refractivity contribution in [3.05, 3.63) is 59.9 Å². The van der Waals surface area contributed by atoms with E-state index in [1.165, 1.54) is 6.92 Å². The van der Waals surface area contributed by atoms with Crippen molar-refractivity contribution in [3.63, 3.8) is 0 Å². The SMILES string of the molecule is CCOC(=O)c1cccc(-c2cc(OCCOCCOC(C)=O)cc(-c3cccc(C(=O)OCC)n3)n2)n1. The van der Waals surface area contributed by atoms with Gasteiger partial charge in [-0.1, -0.05) is 12.1 Å². The zero-order valence-electron chi connectivity index (χ0n) is 21.5. The lowest BCUT2D eigenvalue weighted by atomic mass is 10.1. The molecule has 3 aromatic heterocycles. The molecule has 200 valence electrons. The van der Waals surface area contributed by atoms with E-state index >= 15 is 0 Å². The van der Waals surface area contributed by atoms with Gasteiger partial charge in [0.25, 0.3) is 0 Å². The molecule has 0 aromatic carbocycles. The summed E-state index contributed by atoms with van der Waals surface area (Å²) in [4.78, 5) is 48.7. The predicted molar refractivity (Wildman–Crippen MR) is 136 cm³/mol. The molecule has 0 aliphatic rings. The van der Waals surface area contributed by atoms with E-state index in [0.29, 0.717) is 28.5 Å². The Balaban J connectivity index is 1.88. The van der Waals surface area contributed by atoms with Gasteiger partial charge in [-0.2, -0.15) is 0 Å². The summed E-state index contributed by atoms with van der Waals surface area (Å²) in [7, 11) is 0. The molecule has 0 amide bonds. The van der Waals surface area contributed by atoms with Crippen LogP contribution in [0.1, 0.15) is 41.7 Å². The number of hydrogen-bond donors (Lipinski definition) is 0. The van der Waals surface area contributed by atoms with Crippen molar-refractivity contribution in [2.24, 2.45) is 0 Å². The first kappa shape index (κ1) is 28.2. The summed E-state index contributed by atoms with van der Waals surface area (Å²) in [5.41, 5.74) is 1.96. The monoisotopic (exact) mass is 523 g/mol. The van der Waals surface area contributed by atoms with Gasteiger partial charge in [0, 0.05) is 19.1 Å². The Kier molecular flexibility index (Phi) is 10.7. The summed E-state index contributed by atoms with van der Waals surface area (Å²) in [6, 6.07) is 13.2. The van der Waals surface area contributed by atoms with Crippen LogP contribution in [-0.4, -0.2) is 72.5 Å². The molecule has 0 radical (unpaired) electrons. The normalized spacial score (nSPS) is 10.5. The minimum absolute atomic E-state index is 0.141. The van der Waals surface area contributed by atoms with E-state index in [1.807, 2.05) is 0 Å². The van der Waals surface area contributed by atoms with Gasteiger partial charge in [-0.3, -0.25) is 4.79 Å². The molecular weight excluding hydrogens is 494 g/mol. The Hall–Kier alpha value is -4.38. The van der Waals surface area contributed by atoms with Crippen LogP contribution in [0.3, 0.4) is 0 Å². The number of ether oxygens (including phenoxy) is 5. The highest BCUT2D eigenvalue weighted by Gasteiger charge is 2.15. The molecule has 0 unspecified atom stereocenters. The highest BCUT2D eigenvalue weighted by molar-refractivity contribution is 5.88. The molecule has 0 saturated carbocycles. The van der Waals surface area contributed by atoms with E-state index in [2.05, 4.69) is 15.0 Å². The first-order valence-electron chi connectivity index (χ1n) is 12.1. The van der Waals surface area contributed by atoms with E-state index in [-0.39, 0.29) is 57.0 Å². The maximum Gasteiger partial charge on any atom is 0.356 e. The number of carbonyl (C=O) groups is 3. The summed E-state index contributed by atoms with van der Waals surface area (Å²) in [5, 5.41) is 0. The van der Waals surface area contributed by atoms with Gasteiger partial charge in [-0.05, 0) is 38.1 Å².